The molecule has 0 saturated heterocycles. The van der Waals surface area contributed by atoms with Crippen molar-refractivity contribution >= 4 is 29.2 Å². The third-order valence-corrected chi connectivity index (χ3v) is 3.20. The molecule has 1 heterocycles. The van der Waals surface area contributed by atoms with Crippen LogP contribution in [0, 0.1) is 16.4 Å². The van der Waals surface area contributed by atoms with E-state index in [0.29, 0.717) is 29.7 Å². The molecule has 0 radical (unpaired) electrons. The third kappa shape index (κ3) is 2.81. The first-order chi connectivity index (χ1) is 9.00. The number of amides is 1. The normalized spacial score (nSPS) is 11.1. The van der Waals surface area contributed by atoms with Crippen LogP contribution in [0.4, 0.5) is 8.78 Å². The molecule has 1 aromatic heterocycles. The first kappa shape index (κ1) is 13.7. The summed E-state index contributed by atoms with van der Waals surface area (Å²) in [7, 11) is 0. The van der Waals surface area contributed by atoms with Crippen LogP contribution in [0.25, 0.3) is 11.0 Å². The zero-order valence-electron chi connectivity index (χ0n) is 10.1. The number of primary amides is 1. The van der Waals surface area contributed by atoms with Crippen LogP contribution in [0.5, 0.6) is 0 Å². The summed E-state index contributed by atoms with van der Waals surface area (Å²) in [6, 6.07) is 2.50. The van der Waals surface area contributed by atoms with Crippen LogP contribution in [0.15, 0.2) is 12.1 Å². The van der Waals surface area contributed by atoms with E-state index in [1.807, 2.05) is 0 Å². The molecule has 102 valence electrons. The number of aromatic nitrogens is 2. The molecular formula is C12H13F2N3OS. The van der Waals surface area contributed by atoms with Crippen LogP contribution in [-0.4, -0.2) is 15.5 Å². The average molecular weight is 285 g/mol. The Kier molecular flexibility index (Phi) is 3.94. The maximum Gasteiger partial charge on any atom is 0.217 e. The first-order valence-electron chi connectivity index (χ1n) is 5.85. The molecule has 1 amide bonds. The van der Waals surface area contributed by atoms with Gasteiger partial charge in [-0.3, -0.25) is 4.79 Å². The van der Waals surface area contributed by atoms with Gasteiger partial charge in [0.1, 0.15) is 5.52 Å². The summed E-state index contributed by atoms with van der Waals surface area (Å²) in [5.41, 5.74) is 5.62. The number of nitrogens with one attached hydrogen (secondary N) is 1. The van der Waals surface area contributed by atoms with Crippen molar-refractivity contribution in [2.24, 2.45) is 5.73 Å². The molecule has 0 saturated carbocycles. The quantitative estimate of drug-likeness (QED) is 0.655. The molecular weight excluding hydrogens is 272 g/mol. The number of fused-ring (bicyclic) bond motifs is 1. The van der Waals surface area contributed by atoms with Crippen molar-refractivity contribution in [3.8, 4) is 0 Å². The summed E-state index contributed by atoms with van der Waals surface area (Å²) < 4.78 is 28.8. The lowest BCUT2D eigenvalue weighted by atomic mass is 10.2. The molecule has 0 atom stereocenters. The number of unbranched alkanes of at least 4 members (excludes halogenated alkanes) is 1. The van der Waals surface area contributed by atoms with Crippen molar-refractivity contribution in [2.75, 3.05) is 0 Å². The van der Waals surface area contributed by atoms with E-state index in [4.69, 9.17) is 18.0 Å². The molecule has 3 N–H and O–H groups in total. The SMILES string of the molecule is NC(=O)CCCCn1c(=S)[nH]c2ccc(F)c(F)c21. The summed E-state index contributed by atoms with van der Waals surface area (Å²) >= 11 is 5.08. The van der Waals surface area contributed by atoms with E-state index in [0.717, 1.165) is 6.07 Å². The van der Waals surface area contributed by atoms with Gasteiger partial charge in [0.15, 0.2) is 16.4 Å². The van der Waals surface area contributed by atoms with Crippen molar-refractivity contribution < 1.29 is 13.6 Å². The Morgan fingerprint density at radius 2 is 2.11 bits per heavy atom. The van der Waals surface area contributed by atoms with Gasteiger partial charge in [-0.1, -0.05) is 0 Å². The number of carbonyl (C=O) groups is 1. The number of nitrogens with zero attached hydrogens (tertiary/aromatic N) is 1. The molecule has 0 aliphatic rings. The monoisotopic (exact) mass is 285 g/mol. The number of hydrogen-bond donors (Lipinski definition) is 2. The minimum Gasteiger partial charge on any atom is -0.370 e. The van der Waals surface area contributed by atoms with Crippen LogP contribution in [0.3, 0.4) is 0 Å². The van der Waals surface area contributed by atoms with E-state index in [1.54, 1.807) is 0 Å². The Hall–Kier alpha value is -1.76. The van der Waals surface area contributed by atoms with Crippen LogP contribution < -0.4 is 5.73 Å². The number of aryl methyl sites for hydroxylation is 1. The van der Waals surface area contributed by atoms with E-state index in [-0.39, 0.29) is 17.8 Å². The molecule has 0 aliphatic heterocycles. The van der Waals surface area contributed by atoms with E-state index in [9.17, 15) is 13.6 Å². The van der Waals surface area contributed by atoms with Gasteiger partial charge >= 0.3 is 0 Å². The molecule has 4 nitrogen and oxygen atoms in total. The molecule has 2 rings (SSSR count). The van der Waals surface area contributed by atoms with Crippen molar-refractivity contribution in [1.29, 1.82) is 0 Å². The number of hydrogen-bond acceptors (Lipinski definition) is 2. The fraction of sp³-hybridized carbons (Fsp3) is 0.333. The van der Waals surface area contributed by atoms with Crippen LogP contribution in [-0.2, 0) is 11.3 Å². The van der Waals surface area contributed by atoms with Gasteiger partial charge in [0, 0.05) is 13.0 Å². The van der Waals surface area contributed by atoms with Crippen LogP contribution >= 0.6 is 12.2 Å². The van der Waals surface area contributed by atoms with E-state index in [1.165, 1.54) is 10.6 Å². The van der Waals surface area contributed by atoms with Gasteiger partial charge in [0.25, 0.3) is 0 Å². The fourth-order valence-electron chi connectivity index (χ4n) is 1.97. The highest BCUT2D eigenvalue weighted by Gasteiger charge is 2.13. The van der Waals surface area contributed by atoms with Crippen molar-refractivity contribution in [3.05, 3.63) is 28.5 Å². The van der Waals surface area contributed by atoms with E-state index >= 15 is 0 Å². The van der Waals surface area contributed by atoms with Crippen LogP contribution in [0.1, 0.15) is 19.3 Å². The topological polar surface area (TPSA) is 63.8 Å². The smallest absolute Gasteiger partial charge is 0.217 e. The van der Waals surface area contributed by atoms with Crippen LogP contribution in [0.2, 0.25) is 0 Å². The second-order valence-corrected chi connectivity index (χ2v) is 4.65. The summed E-state index contributed by atoms with van der Waals surface area (Å²) in [4.78, 5) is 13.4. The minimum absolute atomic E-state index is 0.129. The fourth-order valence-corrected chi connectivity index (χ4v) is 2.26. The highest BCUT2D eigenvalue weighted by Crippen LogP contribution is 2.21. The van der Waals surface area contributed by atoms with Gasteiger partial charge in [-0.2, -0.15) is 0 Å². The number of benzene rings is 1. The maximum atomic E-state index is 13.8. The standard InChI is InChI=1S/C12H13F2N3OS/c13-7-4-5-8-11(10(7)14)17(12(19)16-8)6-2-1-3-9(15)18/h4-5H,1-3,6H2,(H2,15,18)(H,16,19). The molecule has 1 aromatic carbocycles. The van der Waals surface area contributed by atoms with Crippen molar-refractivity contribution in [2.45, 2.75) is 25.8 Å². The minimum atomic E-state index is -0.917. The lowest BCUT2D eigenvalue weighted by molar-refractivity contribution is -0.118. The number of imidazole rings is 1. The third-order valence-electron chi connectivity index (χ3n) is 2.88. The van der Waals surface area contributed by atoms with Gasteiger partial charge in [-0.05, 0) is 37.2 Å². The van der Waals surface area contributed by atoms with Gasteiger partial charge in [-0.15, -0.1) is 0 Å². The van der Waals surface area contributed by atoms with E-state index < -0.39 is 11.6 Å². The summed E-state index contributed by atoms with van der Waals surface area (Å²) in [5.74, 6) is -2.20. The highest BCUT2D eigenvalue weighted by atomic mass is 32.1. The summed E-state index contributed by atoms with van der Waals surface area (Å²) in [6.07, 6.45) is 1.47. The molecule has 0 spiro atoms. The van der Waals surface area contributed by atoms with Gasteiger partial charge < -0.3 is 15.3 Å². The number of nitrogens with two attached hydrogens (primary N) is 1. The Labute approximate surface area is 113 Å². The Balaban J connectivity index is 2.27. The second kappa shape index (κ2) is 5.48. The second-order valence-electron chi connectivity index (χ2n) is 4.26. The molecule has 0 bridgehead atoms. The Bertz CT molecular complexity index is 677. The summed E-state index contributed by atoms with van der Waals surface area (Å²) in [5, 5.41) is 0. The zero-order chi connectivity index (χ0) is 14.0. The number of halogens is 2. The Morgan fingerprint density at radius 1 is 1.37 bits per heavy atom. The van der Waals surface area contributed by atoms with Crippen molar-refractivity contribution in [3.63, 3.8) is 0 Å². The van der Waals surface area contributed by atoms with Gasteiger partial charge in [0.2, 0.25) is 5.91 Å². The molecule has 19 heavy (non-hydrogen) atoms. The van der Waals surface area contributed by atoms with Gasteiger partial charge in [0.05, 0.1) is 5.52 Å². The summed E-state index contributed by atoms with van der Waals surface area (Å²) in [6.45, 7) is 0.409. The van der Waals surface area contributed by atoms with Crippen molar-refractivity contribution in [1.82, 2.24) is 9.55 Å². The number of aromatic amines is 1. The largest absolute Gasteiger partial charge is 0.370 e. The number of carbonyl (C=O) groups excluding carboxylic acids is 1. The molecule has 7 heteroatoms. The van der Waals surface area contributed by atoms with Gasteiger partial charge in [-0.25, -0.2) is 8.78 Å². The number of H-pyrrole nitrogens is 1. The molecule has 0 fully saturated rings. The predicted molar refractivity (Wildman–Crippen MR) is 70.1 cm³/mol. The lowest BCUT2D eigenvalue weighted by Gasteiger charge is -2.05. The molecule has 0 unspecified atom stereocenters. The van der Waals surface area contributed by atoms with E-state index in [2.05, 4.69) is 4.98 Å². The Morgan fingerprint density at radius 3 is 2.79 bits per heavy atom. The predicted octanol–water partition coefficient (Wildman–Crippen LogP) is 2.63. The maximum absolute atomic E-state index is 13.8. The zero-order valence-corrected chi connectivity index (χ0v) is 10.9. The number of rotatable bonds is 5. The lowest BCUT2D eigenvalue weighted by Crippen LogP contribution is -2.10. The molecule has 2 aromatic rings. The first-order valence-corrected chi connectivity index (χ1v) is 6.26. The average Bonchev–Trinajstić information content (AvgIpc) is 2.66. The highest BCUT2D eigenvalue weighted by molar-refractivity contribution is 7.71. The molecule has 0 aliphatic carbocycles.